The van der Waals surface area contributed by atoms with Crippen LogP contribution in [0.3, 0.4) is 0 Å². The van der Waals surface area contributed by atoms with Crippen molar-refractivity contribution in [1.29, 1.82) is 5.26 Å². The third-order valence-corrected chi connectivity index (χ3v) is 2.97. The predicted molar refractivity (Wildman–Crippen MR) is 71.7 cm³/mol. The van der Waals surface area contributed by atoms with Gasteiger partial charge in [0, 0.05) is 10.6 Å². The van der Waals surface area contributed by atoms with E-state index < -0.39 is 0 Å². The van der Waals surface area contributed by atoms with Crippen molar-refractivity contribution in [3.63, 3.8) is 0 Å². The first-order valence-electron chi connectivity index (χ1n) is 5.57. The lowest BCUT2D eigenvalue weighted by molar-refractivity contribution is 0.305. The van der Waals surface area contributed by atoms with Gasteiger partial charge in [0.25, 0.3) is 0 Å². The van der Waals surface area contributed by atoms with Crippen LogP contribution in [0, 0.1) is 18.3 Å². The van der Waals surface area contributed by atoms with Crippen molar-refractivity contribution in [2.24, 2.45) is 0 Å². The van der Waals surface area contributed by atoms with Gasteiger partial charge >= 0.3 is 0 Å². The van der Waals surface area contributed by atoms with Crippen LogP contribution in [0.4, 0.5) is 0 Å². The largest absolute Gasteiger partial charge is 0.487 e. The van der Waals surface area contributed by atoms with Gasteiger partial charge in [-0.1, -0.05) is 35.9 Å². The molecule has 0 saturated heterocycles. The van der Waals surface area contributed by atoms with Crippen molar-refractivity contribution in [3.05, 3.63) is 64.2 Å². The molecule has 0 fully saturated rings. The second-order valence-corrected chi connectivity index (χ2v) is 4.40. The van der Waals surface area contributed by atoms with Gasteiger partial charge in [0.1, 0.15) is 18.4 Å². The monoisotopic (exact) mass is 257 g/mol. The molecule has 90 valence electrons. The van der Waals surface area contributed by atoms with Crippen molar-refractivity contribution in [2.75, 3.05) is 0 Å². The number of rotatable bonds is 3. The van der Waals surface area contributed by atoms with E-state index in [0.717, 1.165) is 11.1 Å². The lowest BCUT2D eigenvalue weighted by Crippen LogP contribution is -1.98. The Kier molecular flexibility index (Phi) is 3.86. The minimum Gasteiger partial charge on any atom is -0.487 e. The van der Waals surface area contributed by atoms with Crippen molar-refractivity contribution in [3.8, 4) is 11.8 Å². The summed E-state index contributed by atoms with van der Waals surface area (Å²) in [5.41, 5.74) is 2.50. The molecule has 3 heteroatoms. The van der Waals surface area contributed by atoms with E-state index >= 15 is 0 Å². The summed E-state index contributed by atoms with van der Waals surface area (Å²) in [5, 5.41) is 9.68. The van der Waals surface area contributed by atoms with Gasteiger partial charge in [0.05, 0.1) is 5.56 Å². The molecule has 0 aromatic heterocycles. The second kappa shape index (κ2) is 5.57. The molecule has 2 rings (SSSR count). The van der Waals surface area contributed by atoms with Gasteiger partial charge in [-0.25, -0.2) is 0 Å². The van der Waals surface area contributed by atoms with Crippen LogP contribution in [-0.4, -0.2) is 0 Å². The van der Waals surface area contributed by atoms with Crippen LogP contribution in [0.15, 0.2) is 42.5 Å². The maximum Gasteiger partial charge on any atom is 0.137 e. The third kappa shape index (κ3) is 2.82. The van der Waals surface area contributed by atoms with Crippen molar-refractivity contribution in [1.82, 2.24) is 0 Å². The molecule has 0 aliphatic rings. The standard InChI is InChI=1S/C15H12ClNO/c1-11-6-7-12(9-17)15(8-11)18-10-13-4-2-3-5-14(13)16/h2-8H,10H2,1H3. The number of hydrogen-bond donors (Lipinski definition) is 0. The Hall–Kier alpha value is -1.98. The molecule has 0 atom stereocenters. The Balaban J connectivity index is 2.18. The molecule has 0 saturated carbocycles. The van der Waals surface area contributed by atoms with E-state index in [1.165, 1.54) is 0 Å². The van der Waals surface area contributed by atoms with E-state index in [4.69, 9.17) is 21.6 Å². The summed E-state index contributed by atoms with van der Waals surface area (Å²) < 4.78 is 5.67. The molecule has 0 radical (unpaired) electrons. The molecule has 0 heterocycles. The first-order valence-corrected chi connectivity index (χ1v) is 5.95. The molecule has 2 aromatic rings. The molecule has 18 heavy (non-hydrogen) atoms. The topological polar surface area (TPSA) is 33.0 Å². The number of hydrogen-bond acceptors (Lipinski definition) is 2. The average Bonchev–Trinajstić information content (AvgIpc) is 2.38. The Morgan fingerprint density at radius 3 is 2.72 bits per heavy atom. The van der Waals surface area contributed by atoms with Gasteiger partial charge < -0.3 is 4.74 Å². The molecule has 0 aliphatic heterocycles. The molecule has 0 unspecified atom stereocenters. The van der Waals surface area contributed by atoms with E-state index in [9.17, 15) is 0 Å². The van der Waals surface area contributed by atoms with E-state index in [1.807, 2.05) is 43.3 Å². The fraction of sp³-hybridized carbons (Fsp3) is 0.133. The molecule has 2 aromatic carbocycles. The summed E-state index contributed by atoms with van der Waals surface area (Å²) in [6, 6.07) is 15.1. The summed E-state index contributed by atoms with van der Waals surface area (Å²) in [5.74, 6) is 0.595. The molecule has 0 amide bonds. The predicted octanol–water partition coefficient (Wildman–Crippen LogP) is 4.10. The third-order valence-electron chi connectivity index (χ3n) is 2.60. The van der Waals surface area contributed by atoms with Gasteiger partial charge in [-0.2, -0.15) is 5.26 Å². The summed E-state index contributed by atoms with van der Waals surface area (Å²) in [7, 11) is 0. The van der Waals surface area contributed by atoms with Crippen molar-refractivity contribution in [2.45, 2.75) is 13.5 Å². The first kappa shape index (κ1) is 12.5. The van der Waals surface area contributed by atoms with Crippen LogP contribution in [0.1, 0.15) is 16.7 Å². The van der Waals surface area contributed by atoms with Crippen LogP contribution < -0.4 is 4.74 Å². The molecule has 0 bridgehead atoms. The Bertz CT molecular complexity index is 602. The zero-order valence-electron chi connectivity index (χ0n) is 9.98. The maximum atomic E-state index is 9.01. The van der Waals surface area contributed by atoms with Gasteiger partial charge in [0.2, 0.25) is 0 Å². The average molecular weight is 258 g/mol. The van der Waals surface area contributed by atoms with Crippen molar-refractivity contribution >= 4 is 11.6 Å². The van der Waals surface area contributed by atoms with Crippen molar-refractivity contribution < 1.29 is 4.74 Å². The van der Waals surface area contributed by atoms with Gasteiger partial charge in [-0.3, -0.25) is 0 Å². The molecular weight excluding hydrogens is 246 g/mol. The first-order chi connectivity index (χ1) is 8.70. The number of ether oxygens (including phenoxy) is 1. The van der Waals surface area contributed by atoms with Crippen LogP contribution in [-0.2, 0) is 6.61 Å². The highest BCUT2D eigenvalue weighted by Gasteiger charge is 2.05. The number of aryl methyl sites for hydroxylation is 1. The molecule has 2 nitrogen and oxygen atoms in total. The van der Waals surface area contributed by atoms with E-state index in [0.29, 0.717) is 22.9 Å². The normalized spacial score (nSPS) is 9.83. The minimum absolute atomic E-state index is 0.359. The SMILES string of the molecule is Cc1ccc(C#N)c(OCc2ccccc2Cl)c1. The van der Waals surface area contributed by atoms with Crippen LogP contribution in [0.25, 0.3) is 0 Å². The minimum atomic E-state index is 0.359. The summed E-state index contributed by atoms with van der Waals surface area (Å²) in [4.78, 5) is 0. The summed E-state index contributed by atoms with van der Waals surface area (Å²) >= 11 is 6.05. The highest BCUT2D eigenvalue weighted by Crippen LogP contribution is 2.22. The number of benzene rings is 2. The van der Waals surface area contributed by atoms with Gasteiger partial charge in [-0.05, 0) is 30.7 Å². The summed E-state index contributed by atoms with van der Waals surface area (Å²) in [6.07, 6.45) is 0. The number of nitriles is 1. The lowest BCUT2D eigenvalue weighted by Gasteiger charge is -2.09. The fourth-order valence-corrected chi connectivity index (χ4v) is 1.80. The van der Waals surface area contributed by atoms with E-state index in [-0.39, 0.29) is 0 Å². The van der Waals surface area contributed by atoms with E-state index in [2.05, 4.69) is 6.07 Å². The van der Waals surface area contributed by atoms with E-state index in [1.54, 1.807) is 6.07 Å². The highest BCUT2D eigenvalue weighted by molar-refractivity contribution is 6.31. The molecule has 0 N–H and O–H groups in total. The zero-order valence-corrected chi connectivity index (χ0v) is 10.7. The highest BCUT2D eigenvalue weighted by atomic mass is 35.5. The zero-order chi connectivity index (χ0) is 13.0. The maximum absolute atomic E-state index is 9.01. The molecular formula is C15H12ClNO. The van der Waals surface area contributed by atoms with Gasteiger partial charge in [-0.15, -0.1) is 0 Å². The molecule has 0 aliphatic carbocycles. The van der Waals surface area contributed by atoms with Crippen LogP contribution in [0.5, 0.6) is 5.75 Å². The molecule has 0 spiro atoms. The quantitative estimate of drug-likeness (QED) is 0.829. The van der Waals surface area contributed by atoms with Gasteiger partial charge in [0.15, 0.2) is 0 Å². The fourth-order valence-electron chi connectivity index (χ4n) is 1.61. The Labute approximate surface area is 111 Å². The lowest BCUT2D eigenvalue weighted by atomic mass is 10.1. The number of nitrogens with zero attached hydrogens (tertiary/aromatic N) is 1. The second-order valence-electron chi connectivity index (χ2n) is 3.99. The number of halogens is 1. The Morgan fingerprint density at radius 1 is 1.22 bits per heavy atom. The van der Waals surface area contributed by atoms with Crippen LogP contribution >= 0.6 is 11.6 Å². The smallest absolute Gasteiger partial charge is 0.137 e. The summed E-state index contributed by atoms with van der Waals surface area (Å²) in [6.45, 7) is 2.32. The Morgan fingerprint density at radius 2 is 2.00 bits per heavy atom. The van der Waals surface area contributed by atoms with Crippen LogP contribution in [0.2, 0.25) is 5.02 Å².